The Morgan fingerprint density at radius 3 is 2.60 bits per heavy atom. The van der Waals surface area contributed by atoms with Crippen molar-refractivity contribution in [3.05, 3.63) is 53.8 Å². The molecule has 0 amide bonds. The first kappa shape index (κ1) is 20.4. The number of piperazine rings is 1. The summed E-state index contributed by atoms with van der Waals surface area (Å²) in [6.45, 7) is 4.21. The van der Waals surface area contributed by atoms with Crippen molar-refractivity contribution in [3.8, 4) is 22.4 Å². The molecule has 2 aromatic heterocycles. The molecule has 4 rings (SSSR count). The quantitative estimate of drug-likeness (QED) is 0.631. The lowest BCUT2D eigenvalue weighted by atomic mass is 10.0. The number of nitrogens with one attached hydrogen (secondary N) is 1. The van der Waals surface area contributed by atoms with Crippen LogP contribution in [0.4, 0.5) is 5.82 Å². The molecule has 1 aliphatic heterocycles. The number of ether oxygens (including phenoxy) is 1. The van der Waals surface area contributed by atoms with Crippen molar-refractivity contribution in [2.45, 2.75) is 13.0 Å². The number of likely N-dealkylation sites (N-methyl/N-ethyl adjacent to an activating group) is 1. The van der Waals surface area contributed by atoms with E-state index in [1.807, 2.05) is 55.3 Å². The van der Waals surface area contributed by atoms with E-state index in [4.69, 9.17) is 16.3 Å². The molecule has 30 heavy (non-hydrogen) atoms. The molecule has 1 aliphatic rings. The maximum Gasteiger partial charge on any atom is 0.325 e. The first-order valence-corrected chi connectivity index (χ1v) is 10.3. The molecule has 0 bridgehead atoms. The average molecular weight is 426 g/mol. The maximum atomic E-state index is 12.5. The van der Waals surface area contributed by atoms with Crippen molar-refractivity contribution in [1.82, 2.24) is 20.1 Å². The fourth-order valence-corrected chi connectivity index (χ4v) is 3.86. The molecule has 1 saturated heterocycles. The molecular formula is C22H24ClN5O2. The van der Waals surface area contributed by atoms with Crippen LogP contribution in [0.1, 0.15) is 6.92 Å². The van der Waals surface area contributed by atoms with Gasteiger partial charge in [0.2, 0.25) is 0 Å². The van der Waals surface area contributed by atoms with Gasteiger partial charge in [-0.2, -0.15) is 5.10 Å². The molecule has 156 valence electrons. The Labute approximate surface area is 180 Å². The number of aromatic amines is 1. The molecule has 0 aliphatic carbocycles. The molecule has 3 aromatic rings. The van der Waals surface area contributed by atoms with Gasteiger partial charge < -0.3 is 9.64 Å². The molecule has 1 aromatic carbocycles. The van der Waals surface area contributed by atoms with Crippen molar-refractivity contribution in [1.29, 1.82) is 0 Å². The maximum absolute atomic E-state index is 12.5. The van der Waals surface area contributed by atoms with E-state index in [9.17, 15) is 4.79 Å². The summed E-state index contributed by atoms with van der Waals surface area (Å²) in [7, 11) is 1.95. The zero-order valence-corrected chi connectivity index (χ0v) is 17.8. The lowest BCUT2D eigenvalue weighted by Gasteiger charge is -2.38. The summed E-state index contributed by atoms with van der Waals surface area (Å²) in [4.78, 5) is 20.8. The minimum Gasteiger partial charge on any atom is -0.465 e. The molecule has 1 N–H and O–H groups in total. The number of H-pyrrole nitrogens is 1. The summed E-state index contributed by atoms with van der Waals surface area (Å²) in [6, 6.07) is 11.3. The lowest BCUT2D eigenvalue weighted by Crippen LogP contribution is -2.55. The van der Waals surface area contributed by atoms with Crippen molar-refractivity contribution in [2.75, 3.05) is 38.2 Å². The van der Waals surface area contributed by atoms with E-state index in [1.54, 1.807) is 12.4 Å². The van der Waals surface area contributed by atoms with Gasteiger partial charge in [-0.15, -0.1) is 0 Å². The number of carbonyl (C=O) groups is 1. The van der Waals surface area contributed by atoms with Gasteiger partial charge in [-0.3, -0.25) is 19.8 Å². The van der Waals surface area contributed by atoms with Gasteiger partial charge in [0.25, 0.3) is 0 Å². The van der Waals surface area contributed by atoms with E-state index in [1.165, 1.54) is 0 Å². The fraction of sp³-hybridized carbons (Fsp3) is 0.318. The van der Waals surface area contributed by atoms with Crippen LogP contribution in [-0.4, -0.2) is 65.4 Å². The van der Waals surface area contributed by atoms with E-state index >= 15 is 0 Å². The summed E-state index contributed by atoms with van der Waals surface area (Å²) in [5.74, 6) is 0.608. The van der Waals surface area contributed by atoms with Crippen LogP contribution in [0.2, 0.25) is 5.02 Å². The highest BCUT2D eigenvalue weighted by Crippen LogP contribution is 2.38. The van der Waals surface area contributed by atoms with Gasteiger partial charge in [0.15, 0.2) is 5.82 Å². The van der Waals surface area contributed by atoms with Crippen LogP contribution < -0.4 is 4.90 Å². The van der Waals surface area contributed by atoms with Gasteiger partial charge >= 0.3 is 5.97 Å². The topological polar surface area (TPSA) is 74.3 Å². The second kappa shape index (κ2) is 8.85. The Balaban J connectivity index is 1.75. The molecule has 3 heterocycles. The van der Waals surface area contributed by atoms with Gasteiger partial charge in [0.1, 0.15) is 6.04 Å². The largest absolute Gasteiger partial charge is 0.465 e. The number of benzene rings is 1. The van der Waals surface area contributed by atoms with E-state index in [0.717, 1.165) is 41.3 Å². The lowest BCUT2D eigenvalue weighted by molar-refractivity contribution is -0.149. The van der Waals surface area contributed by atoms with Crippen LogP contribution in [-0.2, 0) is 9.53 Å². The number of carbonyl (C=O) groups excluding carboxylic acids is 1. The average Bonchev–Trinajstić information content (AvgIpc) is 3.20. The number of rotatable bonds is 5. The van der Waals surface area contributed by atoms with Gasteiger partial charge in [-0.05, 0) is 43.8 Å². The zero-order chi connectivity index (χ0) is 21.1. The van der Waals surface area contributed by atoms with Crippen molar-refractivity contribution in [3.63, 3.8) is 0 Å². The Kier molecular flexibility index (Phi) is 6.01. The minimum absolute atomic E-state index is 0.205. The molecule has 0 radical (unpaired) electrons. The van der Waals surface area contributed by atoms with E-state index in [-0.39, 0.29) is 12.0 Å². The molecular weight excluding hydrogens is 402 g/mol. The molecule has 1 fully saturated rings. The van der Waals surface area contributed by atoms with Crippen molar-refractivity contribution < 1.29 is 9.53 Å². The highest BCUT2D eigenvalue weighted by Gasteiger charge is 2.33. The zero-order valence-electron chi connectivity index (χ0n) is 17.0. The van der Waals surface area contributed by atoms with Crippen LogP contribution in [0.25, 0.3) is 22.4 Å². The van der Waals surface area contributed by atoms with Gasteiger partial charge in [-0.25, -0.2) is 0 Å². The summed E-state index contributed by atoms with van der Waals surface area (Å²) >= 11 is 6.08. The second-order valence-electron chi connectivity index (χ2n) is 7.23. The molecule has 8 heteroatoms. The SMILES string of the molecule is CCOC(=O)C1CN(c2n[nH]c(-c3ccc(Cl)cc3)c2-c2ccncc2)CCN1C. The first-order chi connectivity index (χ1) is 14.6. The third-order valence-electron chi connectivity index (χ3n) is 5.36. The molecule has 0 spiro atoms. The van der Waals surface area contributed by atoms with E-state index in [2.05, 4.69) is 20.1 Å². The molecule has 0 saturated carbocycles. The molecule has 1 unspecified atom stereocenters. The fourth-order valence-electron chi connectivity index (χ4n) is 3.74. The van der Waals surface area contributed by atoms with Gasteiger partial charge in [0.05, 0.1) is 17.9 Å². The number of anilines is 1. The Morgan fingerprint density at radius 2 is 1.90 bits per heavy atom. The number of hydrogen-bond donors (Lipinski definition) is 1. The monoisotopic (exact) mass is 425 g/mol. The number of aromatic nitrogens is 3. The smallest absolute Gasteiger partial charge is 0.325 e. The normalized spacial score (nSPS) is 17.2. The highest BCUT2D eigenvalue weighted by molar-refractivity contribution is 6.30. The van der Waals surface area contributed by atoms with Crippen LogP contribution in [0, 0.1) is 0 Å². The van der Waals surface area contributed by atoms with E-state index in [0.29, 0.717) is 18.2 Å². The third kappa shape index (κ3) is 4.04. The Hall–Kier alpha value is -2.90. The van der Waals surface area contributed by atoms with Crippen LogP contribution in [0.5, 0.6) is 0 Å². The molecule has 7 nitrogen and oxygen atoms in total. The molecule has 1 atom stereocenters. The third-order valence-corrected chi connectivity index (χ3v) is 5.61. The van der Waals surface area contributed by atoms with Gasteiger partial charge in [0, 0.05) is 42.6 Å². The number of hydrogen-bond acceptors (Lipinski definition) is 6. The summed E-state index contributed by atoms with van der Waals surface area (Å²) < 4.78 is 5.28. The predicted octanol–water partition coefficient (Wildman–Crippen LogP) is 3.48. The first-order valence-electron chi connectivity index (χ1n) is 9.95. The Bertz CT molecular complexity index is 1010. The van der Waals surface area contributed by atoms with Crippen molar-refractivity contribution >= 4 is 23.4 Å². The highest BCUT2D eigenvalue weighted by atomic mass is 35.5. The van der Waals surface area contributed by atoms with E-state index < -0.39 is 0 Å². The summed E-state index contributed by atoms with van der Waals surface area (Å²) in [5, 5.41) is 8.54. The predicted molar refractivity (Wildman–Crippen MR) is 118 cm³/mol. The number of halogens is 1. The van der Waals surface area contributed by atoms with Gasteiger partial charge in [-0.1, -0.05) is 23.7 Å². The van der Waals surface area contributed by atoms with Crippen molar-refractivity contribution in [2.24, 2.45) is 0 Å². The minimum atomic E-state index is -0.334. The number of pyridine rings is 1. The van der Waals surface area contributed by atoms with Crippen LogP contribution in [0.15, 0.2) is 48.8 Å². The summed E-state index contributed by atoms with van der Waals surface area (Å²) in [6.07, 6.45) is 3.53. The number of nitrogens with zero attached hydrogens (tertiary/aromatic N) is 4. The standard InChI is InChI=1S/C22H24ClN5O2/c1-3-30-22(29)18-14-28(13-12-27(18)2)21-19(15-8-10-24-11-9-15)20(25-26-21)16-4-6-17(23)7-5-16/h4-11,18H,3,12-14H2,1-2H3,(H,25,26). The van der Waals surface area contributed by atoms with Crippen LogP contribution in [0.3, 0.4) is 0 Å². The number of esters is 1. The van der Waals surface area contributed by atoms with Crippen LogP contribution >= 0.6 is 11.6 Å². The summed E-state index contributed by atoms with van der Waals surface area (Å²) in [5.41, 5.74) is 3.87. The second-order valence-corrected chi connectivity index (χ2v) is 7.67. The Morgan fingerprint density at radius 1 is 1.17 bits per heavy atom.